The van der Waals surface area contributed by atoms with Gasteiger partial charge < -0.3 is 15.3 Å². The smallest absolute Gasteiger partial charge is 0.124 e. The molecule has 0 unspecified atom stereocenters. The van der Waals surface area contributed by atoms with Gasteiger partial charge in [0.25, 0.3) is 0 Å². The summed E-state index contributed by atoms with van der Waals surface area (Å²) >= 11 is 0. The molecule has 0 saturated carbocycles. The highest BCUT2D eigenvalue weighted by molar-refractivity contribution is 5.82. The fraction of sp³-hybridized carbons (Fsp3) is 0.391. The van der Waals surface area contributed by atoms with E-state index in [0.29, 0.717) is 5.82 Å². The van der Waals surface area contributed by atoms with E-state index in [-0.39, 0.29) is 10.8 Å². The highest BCUT2D eigenvalue weighted by atomic mass is 15.0. The monoisotopic (exact) mass is 375 g/mol. The lowest BCUT2D eigenvalue weighted by atomic mass is 9.84. The summed E-state index contributed by atoms with van der Waals surface area (Å²) in [5, 5.41) is 2.35. The van der Waals surface area contributed by atoms with Gasteiger partial charge in [-0.3, -0.25) is 4.98 Å². The Kier molecular flexibility index (Phi) is 4.03. The van der Waals surface area contributed by atoms with Crippen LogP contribution in [0.2, 0.25) is 0 Å². The Hall–Kier alpha value is -2.82. The molecule has 4 aromatic rings. The molecule has 4 aromatic heterocycles. The number of pyridine rings is 2. The molecule has 5 heteroatoms. The van der Waals surface area contributed by atoms with Crippen LogP contribution in [0.3, 0.4) is 0 Å². The van der Waals surface area contributed by atoms with Crippen LogP contribution in [0.25, 0.3) is 21.8 Å². The van der Waals surface area contributed by atoms with Gasteiger partial charge in [0.05, 0.1) is 23.4 Å². The van der Waals surface area contributed by atoms with E-state index in [1.54, 1.807) is 6.20 Å². The first-order valence-corrected chi connectivity index (χ1v) is 9.74. The van der Waals surface area contributed by atoms with Crippen molar-refractivity contribution in [1.29, 1.82) is 0 Å². The summed E-state index contributed by atoms with van der Waals surface area (Å²) in [4.78, 5) is 12.5. The van der Waals surface area contributed by atoms with Gasteiger partial charge in [-0.25, -0.2) is 4.98 Å². The maximum Gasteiger partial charge on any atom is 0.124 e. The van der Waals surface area contributed by atoms with Crippen LogP contribution in [0.1, 0.15) is 51.7 Å². The van der Waals surface area contributed by atoms with Gasteiger partial charge in [0, 0.05) is 52.2 Å². The van der Waals surface area contributed by atoms with Crippen LogP contribution >= 0.6 is 0 Å². The van der Waals surface area contributed by atoms with E-state index in [1.165, 1.54) is 22.3 Å². The third-order valence-electron chi connectivity index (χ3n) is 5.63. The lowest BCUT2D eigenvalue weighted by Crippen LogP contribution is -2.21. The maximum atomic E-state index is 5.83. The standard InChI is InChI=1S/C23H29N5/c1-22(2,3)20-9-15-7-16(25-13-18(15)28(20)6)11-23(4,5)19-8-14-10-21(24)26-12-17(14)27-19/h7-10,12-13,27H,11H2,1-6H3,(H2,24,26). The number of aromatic amines is 1. The number of nitrogens with zero attached hydrogens (tertiary/aromatic N) is 3. The molecule has 5 nitrogen and oxygen atoms in total. The number of aromatic nitrogens is 4. The largest absolute Gasteiger partial charge is 0.384 e. The Labute approximate surface area is 166 Å². The molecule has 0 saturated heterocycles. The molecule has 28 heavy (non-hydrogen) atoms. The fourth-order valence-corrected chi connectivity index (χ4v) is 4.06. The molecule has 3 N–H and O–H groups in total. The zero-order chi connectivity index (χ0) is 20.3. The zero-order valence-corrected chi connectivity index (χ0v) is 17.6. The van der Waals surface area contributed by atoms with Gasteiger partial charge in [0.1, 0.15) is 5.82 Å². The maximum absolute atomic E-state index is 5.83. The summed E-state index contributed by atoms with van der Waals surface area (Å²) in [7, 11) is 2.12. The second-order valence-electron chi connectivity index (χ2n) is 9.51. The number of nitrogens with two attached hydrogens (primary N) is 1. The molecule has 0 amide bonds. The van der Waals surface area contributed by atoms with E-state index in [9.17, 15) is 0 Å². The van der Waals surface area contributed by atoms with E-state index in [1.807, 2.05) is 12.3 Å². The second kappa shape index (κ2) is 6.09. The van der Waals surface area contributed by atoms with Gasteiger partial charge in [-0.1, -0.05) is 34.6 Å². The molecule has 0 bridgehead atoms. The Morgan fingerprint density at radius 2 is 1.71 bits per heavy atom. The molecular formula is C23H29N5. The van der Waals surface area contributed by atoms with Crippen molar-refractivity contribution in [2.75, 3.05) is 5.73 Å². The van der Waals surface area contributed by atoms with Crippen molar-refractivity contribution in [3.8, 4) is 0 Å². The Morgan fingerprint density at radius 3 is 2.43 bits per heavy atom. The predicted molar refractivity (Wildman–Crippen MR) is 117 cm³/mol. The van der Waals surface area contributed by atoms with Crippen LogP contribution < -0.4 is 5.73 Å². The predicted octanol–water partition coefficient (Wildman–Crippen LogP) is 4.85. The van der Waals surface area contributed by atoms with E-state index in [2.05, 4.69) is 74.4 Å². The molecule has 0 spiro atoms. The highest BCUT2D eigenvalue weighted by Crippen LogP contribution is 2.32. The van der Waals surface area contributed by atoms with Crippen LogP contribution in [0.15, 0.2) is 36.7 Å². The number of nitrogen functional groups attached to an aromatic ring is 1. The SMILES string of the molecule is Cn1c(C(C)(C)C)cc2cc(CC(C)(C)c3cc4cc(N)ncc4[nH]3)ncc21. The van der Waals surface area contributed by atoms with Gasteiger partial charge in [-0.2, -0.15) is 0 Å². The number of H-pyrrole nitrogens is 1. The summed E-state index contributed by atoms with van der Waals surface area (Å²) in [6, 6.07) is 8.61. The van der Waals surface area contributed by atoms with E-state index in [4.69, 9.17) is 10.7 Å². The molecule has 0 aromatic carbocycles. The minimum Gasteiger partial charge on any atom is -0.384 e. The molecule has 0 aliphatic heterocycles. The average molecular weight is 376 g/mol. The Balaban J connectivity index is 1.69. The summed E-state index contributed by atoms with van der Waals surface area (Å²) in [5.41, 5.74) is 11.6. The number of hydrogen-bond acceptors (Lipinski definition) is 3. The topological polar surface area (TPSA) is 72.5 Å². The molecule has 4 rings (SSSR count). The quantitative estimate of drug-likeness (QED) is 0.538. The number of anilines is 1. The normalized spacial score (nSPS) is 12.9. The van der Waals surface area contributed by atoms with Gasteiger partial charge in [-0.15, -0.1) is 0 Å². The van der Waals surface area contributed by atoms with E-state index >= 15 is 0 Å². The Bertz CT molecular complexity index is 1170. The number of nitrogens with one attached hydrogen (secondary N) is 1. The first-order chi connectivity index (χ1) is 13.0. The number of fused-ring (bicyclic) bond motifs is 2. The van der Waals surface area contributed by atoms with Crippen molar-refractivity contribution >= 4 is 27.6 Å². The third kappa shape index (κ3) is 3.15. The second-order valence-corrected chi connectivity index (χ2v) is 9.51. The number of hydrogen-bond donors (Lipinski definition) is 2. The first-order valence-electron chi connectivity index (χ1n) is 9.74. The van der Waals surface area contributed by atoms with Gasteiger partial charge in [0.2, 0.25) is 0 Å². The first kappa shape index (κ1) is 18.5. The fourth-order valence-electron chi connectivity index (χ4n) is 4.06. The van der Waals surface area contributed by atoms with E-state index in [0.717, 1.165) is 23.0 Å². The summed E-state index contributed by atoms with van der Waals surface area (Å²) < 4.78 is 2.26. The van der Waals surface area contributed by atoms with Gasteiger partial charge in [-0.05, 0) is 24.3 Å². The average Bonchev–Trinajstić information content (AvgIpc) is 3.15. The minimum atomic E-state index is -0.0872. The highest BCUT2D eigenvalue weighted by Gasteiger charge is 2.25. The minimum absolute atomic E-state index is 0.0872. The lowest BCUT2D eigenvalue weighted by molar-refractivity contribution is 0.503. The van der Waals surface area contributed by atoms with E-state index < -0.39 is 0 Å². The zero-order valence-electron chi connectivity index (χ0n) is 17.6. The number of rotatable bonds is 3. The van der Waals surface area contributed by atoms with Crippen molar-refractivity contribution in [1.82, 2.24) is 19.5 Å². The molecule has 0 atom stereocenters. The van der Waals surface area contributed by atoms with Crippen molar-refractivity contribution in [2.45, 2.75) is 51.9 Å². The number of aryl methyl sites for hydroxylation is 1. The van der Waals surface area contributed by atoms with Gasteiger partial charge >= 0.3 is 0 Å². The Morgan fingerprint density at radius 1 is 0.964 bits per heavy atom. The molecular weight excluding hydrogens is 346 g/mol. The van der Waals surface area contributed by atoms with Crippen LogP contribution in [0.4, 0.5) is 5.82 Å². The van der Waals surface area contributed by atoms with Crippen molar-refractivity contribution < 1.29 is 0 Å². The van der Waals surface area contributed by atoms with Crippen LogP contribution in [0, 0.1) is 0 Å². The molecule has 4 heterocycles. The van der Waals surface area contributed by atoms with Crippen LogP contribution in [-0.2, 0) is 24.3 Å². The molecule has 0 aliphatic rings. The van der Waals surface area contributed by atoms with Crippen molar-refractivity contribution in [3.05, 3.63) is 53.7 Å². The molecule has 0 fully saturated rings. The van der Waals surface area contributed by atoms with Crippen molar-refractivity contribution in [3.63, 3.8) is 0 Å². The summed E-state index contributed by atoms with van der Waals surface area (Å²) in [6.45, 7) is 11.2. The molecule has 0 radical (unpaired) electrons. The van der Waals surface area contributed by atoms with Crippen molar-refractivity contribution in [2.24, 2.45) is 7.05 Å². The summed E-state index contributed by atoms with van der Waals surface area (Å²) in [5.74, 6) is 0.543. The van der Waals surface area contributed by atoms with Gasteiger partial charge in [0.15, 0.2) is 0 Å². The molecule has 146 valence electrons. The third-order valence-corrected chi connectivity index (χ3v) is 5.63. The summed E-state index contributed by atoms with van der Waals surface area (Å²) in [6.07, 6.45) is 4.65. The molecule has 0 aliphatic carbocycles. The van der Waals surface area contributed by atoms with Crippen LogP contribution in [0.5, 0.6) is 0 Å². The lowest BCUT2D eigenvalue weighted by Gasteiger charge is -2.23. The van der Waals surface area contributed by atoms with Crippen LogP contribution in [-0.4, -0.2) is 19.5 Å².